The molecule has 148 valence electrons. The third-order valence-electron chi connectivity index (χ3n) is 5.50. The molecule has 0 radical (unpaired) electrons. The second-order valence-electron chi connectivity index (χ2n) is 7.58. The summed E-state index contributed by atoms with van der Waals surface area (Å²) in [6.07, 6.45) is 0. The average molecular weight is 383 g/mol. The summed E-state index contributed by atoms with van der Waals surface area (Å²) in [5, 5.41) is 3.28. The summed E-state index contributed by atoms with van der Waals surface area (Å²) in [4.78, 5) is 13.4. The first-order valence-electron chi connectivity index (χ1n) is 9.70. The normalized spacial score (nSPS) is 12.5. The quantitative estimate of drug-likeness (QED) is 0.607. The molecule has 1 atom stereocenters. The zero-order valence-electron chi connectivity index (χ0n) is 17.3. The molecule has 0 spiro atoms. The summed E-state index contributed by atoms with van der Waals surface area (Å²) in [5.74, 6) is 0.916. The van der Waals surface area contributed by atoms with Gasteiger partial charge in [-0.2, -0.15) is 0 Å². The van der Waals surface area contributed by atoms with Crippen molar-refractivity contribution < 1.29 is 19.4 Å². The minimum atomic E-state index is -0.288. The lowest BCUT2D eigenvalue weighted by molar-refractivity contribution is -0.910. The number of hydrogen-bond donors (Lipinski definition) is 2. The van der Waals surface area contributed by atoms with Gasteiger partial charge in [-0.3, -0.25) is 0 Å². The van der Waals surface area contributed by atoms with Gasteiger partial charge in [-0.05, 0) is 37.1 Å². The Morgan fingerprint density at radius 2 is 1.89 bits per heavy atom. The Morgan fingerprint density at radius 1 is 1.14 bits per heavy atom. The van der Waals surface area contributed by atoms with Crippen molar-refractivity contribution in [3.05, 3.63) is 75.1 Å². The summed E-state index contributed by atoms with van der Waals surface area (Å²) in [5.41, 5.74) is 4.79. The van der Waals surface area contributed by atoms with Crippen molar-refractivity contribution in [2.45, 2.75) is 26.4 Å². The van der Waals surface area contributed by atoms with Gasteiger partial charge in [-0.25, -0.2) is 4.79 Å². The van der Waals surface area contributed by atoms with E-state index in [-0.39, 0.29) is 11.7 Å². The first-order chi connectivity index (χ1) is 13.4. The predicted molar refractivity (Wildman–Crippen MR) is 111 cm³/mol. The molecule has 3 aromatic rings. The van der Waals surface area contributed by atoms with Gasteiger partial charge < -0.3 is 19.4 Å². The van der Waals surface area contributed by atoms with E-state index in [0.29, 0.717) is 5.58 Å². The van der Waals surface area contributed by atoms with Crippen LogP contribution in [0.3, 0.4) is 0 Å². The Balaban J connectivity index is 1.84. The third kappa shape index (κ3) is 4.11. The van der Waals surface area contributed by atoms with Gasteiger partial charge in [0.25, 0.3) is 0 Å². The number of ether oxygens (including phenoxy) is 1. The molecule has 0 bridgehead atoms. The fourth-order valence-corrected chi connectivity index (χ4v) is 3.73. The molecule has 0 aliphatic carbocycles. The van der Waals surface area contributed by atoms with Crippen molar-refractivity contribution in [1.29, 1.82) is 0 Å². The molecule has 1 aromatic heterocycles. The monoisotopic (exact) mass is 382 g/mol. The molecule has 2 aromatic carbocycles. The van der Waals surface area contributed by atoms with E-state index in [1.54, 1.807) is 13.2 Å². The van der Waals surface area contributed by atoms with Crippen LogP contribution in [-0.4, -0.2) is 27.7 Å². The molecule has 0 amide bonds. The highest BCUT2D eigenvalue weighted by molar-refractivity contribution is 5.83. The van der Waals surface area contributed by atoms with Crippen molar-refractivity contribution >= 4 is 11.0 Å². The fourth-order valence-electron chi connectivity index (χ4n) is 3.73. The number of benzene rings is 2. The van der Waals surface area contributed by atoms with Gasteiger partial charge in [0.1, 0.15) is 24.4 Å². The van der Waals surface area contributed by atoms with Crippen LogP contribution in [0.2, 0.25) is 0 Å². The molecule has 3 rings (SSSR count). The molecule has 5 nitrogen and oxygen atoms in total. The smallest absolute Gasteiger partial charge is 0.336 e. The number of likely N-dealkylation sites (N-methyl/N-ethyl adjacent to an activating group) is 1. The van der Waals surface area contributed by atoms with Crippen LogP contribution in [0.5, 0.6) is 5.75 Å². The highest BCUT2D eigenvalue weighted by atomic mass is 16.5. The molecule has 5 heteroatoms. The van der Waals surface area contributed by atoms with Gasteiger partial charge in [-0.1, -0.05) is 24.3 Å². The van der Waals surface area contributed by atoms with E-state index >= 15 is 0 Å². The third-order valence-corrected chi connectivity index (χ3v) is 5.50. The number of rotatable bonds is 7. The van der Waals surface area contributed by atoms with Crippen LogP contribution in [0.15, 0.2) is 51.7 Å². The average Bonchev–Trinajstić information content (AvgIpc) is 2.68. The van der Waals surface area contributed by atoms with Crippen LogP contribution in [0.25, 0.3) is 11.0 Å². The van der Waals surface area contributed by atoms with Crippen molar-refractivity contribution in [3.8, 4) is 5.75 Å². The number of aryl methyl sites for hydroxylation is 2. The van der Waals surface area contributed by atoms with Gasteiger partial charge in [-0.15, -0.1) is 0 Å². The van der Waals surface area contributed by atoms with E-state index in [4.69, 9.17) is 9.15 Å². The van der Waals surface area contributed by atoms with Crippen molar-refractivity contribution in [1.82, 2.24) is 0 Å². The topological polar surface area (TPSA) is 60.5 Å². The lowest BCUT2D eigenvalue weighted by Crippen LogP contribution is -3.09. The van der Waals surface area contributed by atoms with E-state index in [2.05, 4.69) is 43.7 Å². The summed E-state index contributed by atoms with van der Waals surface area (Å²) >= 11 is 0. The highest BCUT2D eigenvalue weighted by Gasteiger charge is 2.23. The van der Waals surface area contributed by atoms with Crippen molar-refractivity contribution in [2.24, 2.45) is 0 Å². The summed E-state index contributed by atoms with van der Waals surface area (Å²) in [6.45, 7) is 5.64. The summed E-state index contributed by atoms with van der Waals surface area (Å²) < 4.78 is 11.0. The Hall–Kier alpha value is -2.63. The van der Waals surface area contributed by atoms with Crippen LogP contribution in [-0.2, 0) is 6.54 Å². The zero-order valence-corrected chi connectivity index (χ0v) is 17.3. The maximum atomic E-state index is 12.1. The molecule has 3 N–H and O–H groups in total. The van der Waals surface area contributed by atoms with Gasteiger partial charge >= 0.3 is 5.63 Å². The van der Waals surface area contributed by atoms with Crippen LogP contribution in [0, 0.1) is 13.8 Å². The fraction of sp³-hybridized carbons (Fsp3) is 0.348. The maximum absolute atomic E-state index is 12.1. The molecule has 0 aliphatic heterocycles. The molecule has 0 saturated heterocycles. The van der Waals surface area contributed by atoms with Crippen LogP contribution < -0.4 is 20.6 Å². The lowest BCUT2D eigenvalue weighted by atomic mass is 10.0. The van der Waals surface area contributed by atoms with Crippen molar-refractivity contribution in [3.63, 3.8) is 0 Å². The number of quaternary nitrogens is 2. The zero-order chi connectivity index (χ0) is 20.3. The van der Waals surface area contributed by atoms with Gasteiger partial charge in [0, 0.05) is 17.0 Å². The minimum Gasteiger partial charge on any atom is -0.496 e. The standard InChI is InChI=1S/C23H28N2O3/c1-15-10-11-18-17(12-22(26)28-23(18)16(15)2)13-24-14-20(25(3)4)19-8-6-7-9-21(19)27-5/h6-12,20,24H,13-14H2,1-5H3/p+2/t20-/m0/s1. The molecule has 0 fully saturated rings. The maximum Gasteiger partial charge on any atom is 0.336 e. The van der Waals surface area contributed by atoms with E-state index in [1.807, 2.05) is 26.0 Å². The summed E-state index contributed by atoms with van der Waals surface area (Å²) in [6, 6.07) is 14.2. The molecule has 28 heavy (non-hydrogen) atoms. The minimum absolute atomic E-state index is 0.284. The largest absolute Gasteiger partial charge is 0.496 e. The SMILES string of the molecule is COc1ccccc1[C@H](C[NH2+]Cc1cc(=O)oc2c(C)c(C)ccc12)[NH+](C)C. The molecule has 0 unspecified atom stereocenters. The van der Waals surface area contributed by atoms with Gasteiger partial charge in [0.15, 0.2) is 6.04 Å². The lowest BCUT2D eigenvalue weighted by Gasteiger charge is -2.22. The van der Waals surface area contributed by atoms with Crippen LogP contribution in [0.4, 0.5) is 0 Å². The first kappa shape index (κ1) is 20.1. The number of hydrogen-bond acceptors (Lipinski definition) is 3. The van der Waals surface area contributed by atoms with Crippen molar-refractivity contribution in [2.75, 3.05) is 27.7 Å². The van der Waals surface area contributed by atoms with Gasteiger partial charge in [0.2, 0.25) is 0 Å². The Morgan fingerprint density at radius 3 is 2.61 bits per heavy atom. The number of para-hydroxylation sites is 1. The molecule has 0 saturated carbocycles. The first-order valence-corrected chi connectivity index (χ1v) is 9.70. The highest BCUT2D eigenvalue weighted by Crippen LogP contribution is 2.23. The molecular weight excluding hydrogens is 352 g/mol. The molecular formula is C23H30N2O3+2. The number of fused-ring (bicyclic) bond motifs is 1. The van der Waals surface area contributed by atoms with E-state index < -0.39 is 0 Å². The second-order valence-corrected chi connectivity index (χ2v) is 7.58. The number of nitrogens with one attached hydrogen (secondary N) is 1. The second kappa shape index (κ2) is 8.59. The number of nitrogens with two attached hydrogens (primary N) is 1. The molecule has 1 heterocycles. The van der Waals surface area contributed by atoms with E-state index in [1.165, 1.54) is 10.5 Å². The van der Waals surface area contributed by atoms with Crippen LogP contribution in [0.1, 0.15) is 28.3 Å². The Labute approximate surface area is 165 Å². The van der Waals surface area contributed by atoms with E-state index in [9.17, 15) is 4.79 Å². The predicted octanol–water partition coefficient (Wildman–Crippen LogP) is 1.37. The summed E-state index contributed by atoms with van der Waals surface area (Å²) in [7, 11) is 6.03. The number of methoxy groups -OCH3 is 1. The van der Waals surface area contributed by atoms with Crippen LogP contribution >= 0.6 is 0 Å². The molecule has 0 aliphatic rings. The Bertz CT molecular complexity index is 1020. The van der Waals surface area contributed by atoms with E-state index in [0.717, 1.165) is 40.9 Å². The van der Waals surface area contributed by atoms with Gasteiger partial charge in [0.05, 0.1) is 26.8 Å². The Kier molecular flexibility index (Phi) is 6.17.